The van der Waals surface area contributed by atoms with Crippen molar-refractivity contribution >= 4 is 56.9 Å². The zero-order chi connectivity index (χ0) is 38.3. The van der Waals surface area contributed by atoms with Gasteiger partial charge in [-0.15, -0.1) is 0 Å². The van der Waals surface area contributed by atoms with Crippen LogP contribution in [0.15, 0.2) is 158 Å². The summed E-state index contributed by atoms with van der Waals surface area (Å²) in [7, 11) is 1.38. The number of rotatable bonds is 10. The maximum absolute atomic E-state index is 12.1. The molecular formula is C47H38Cl2N2O4. The van der Waals surface area contributed by atoms with Gasteiger partial charge in [-0.1, -0.05) is 108 Å². The Morgan fingerprint density at radius 1 is 0.545 bits per heavy atom. The van der Waals surface area contributed by atoms with Crippen LogP contribution in [0.3, 0.4) is 0 Å². The molecule has 6 aromatic carbocycles. The van der Waals surface area contributed by atoms with Gasteiger partial charge in [0.25, 0.3) is 0 Å². The molecule has 6 nitrogen and oxygen atoms in total. The van der Waals surface area contributed by atoms with E-state index in [4.69, 9.17) is 27.9 Å². The normalized spacial score (nSPS) is 11.0. The van der Waals surface area contributed by atoms with Crippen LogP contribution in [0.25, 0.3) is 21.8 Å². The molecule has 1 N–H and O–H groups in total. The van der Waals surface area contributed by atoms with Gasteiger partial charge in [0, 0.05) is 46.6 Å². The van der Waals surface area contributed by atoms with E-state index in [1.807, 2.05) is 30.3 Å². The number of fused-ring (bicyclic) bond motifs is 2. The highest BCUT2D eigenvalue weighted by Crippen LogP contribution is 2.26. The summed E-state index contributed by atoms with van der Waals surface area (Å²) in [4.78, 5) is 23.6. The van der Waals surface area contributed by atoms with Crippen LogP contribution >= 0.6 is 23.2 Å². The minimum atomic E-state index is -0.956. The second-order valence-electron chi connectivity index (χ2n) is 13.4. The molecule has 8 rings (SSSR count). The molecule has 8 aromatic rings. The number of aromatic carboxylic acids is 1. The predicted molar refractivity (Wildman–Crippen MR) is 222 cm³/mol. The first-order chi connectivity index (χ1) is 26.7. The molecule has 274 valence electrons. The van der Waals surface area contributed by atoms with Crippen molar-refractivity contribution in [3.8, 4) is 0 Å². The Balaban J connectivity index is 0.000000169. The minimum Gasteiger partial charge on any atom is -0.478 e. The molecule has 0 unspecified atom stereocenters. The lowest BCUT2D eigenvalue weighted by Crippen LogP contribution is -2.06. The average molecular weight is 766 g/mol. The second kappa shape index (κ2) is 16.9. The van der Waals surface area contributed by atoms with Crippen molar-refractivity contribution in [3.63, 3.8) is 0 Å². The number of nitrogens with zero attached hydrogens (tertiary/aromatic N) is 2. The number of carbonyl (C=O) groups excluding carboxylic acids is 1. The SMILES string of the molecule is COC(=O)c1cc(Cl)ccc1Cc1ccc2c(ccn2Cc2ccccc2)c1.O=C(O)c1cc(Cl)ccc1Cc1ccc2c(ccn2Cc2ccccc2)c1. The van der Waals surface area contributed by atoms with Gasteiger partial charge in [-0.2, -0.15) is 0 Å². The third-order valence-electron chi connectivity index (χ3n) is 9.63. The Bertz CT molecular complexity index is 2610. The van der Waals surface area contributed by atoms with Crippen molar-refractivity contribution in [2.24, 2.45) is 0 Å². The number of esters is 1. The third kappa shape index (κ3) is 9.01. The standard InChI is InChI=1S/C24H20ClNO2.C23H18ClNO2/c1-28-24(27)22-15-21(25)9-8-19(22)13-18-7-10-23-20(14-18)11-12-26(23)16-17-5-3-2-4-6-17;24-20-8-7-18(21(14-20)23(26)27)12-17-6-9-22-19(13-17)10-11-25(22)15-16-4-2-1-3-5-16/h2-12,14-15H,13,16H2,1H3;1-11,13-14H,12,15H2,(H,26,27). The largest absolute Gasteiger partial charge is 0.478 e. The molecule has 0 atom stereocenters. The van der Waals surface area contributed by atoms with Gasteiger partial charge >= 0.3 is 11.9 Å². The summed E-state index contributed by atoms with van der Waals surface area (Å²) in [6.45, 7) is 1.66. The van der Waals surface area contributed by atoms with Gasteiger partial charge in [0.1, 0.15) is 0 Å². The van der Waals surface area contributed by atoms with Crippen molar-refractivity contribution in [1.82, 2.24) is 9.13 Å². The lowest BCUT2D eigenvalue weighted by Gasteiger charge is -2.10. The van der Waals surface area contributed by atoms with E-state index < -0.39 is 5.97 Å². The number of ether oxygens (including phenoxy) is 1. The number of methoxy groups -OCH3 is 1. The Morgan fingerprint density at radius 3 is 1.45 bits per heavy atom. The lowest BCUT2D eigenvalue weighted by atomic mass is 9.99. The first-order valence-corrected chi connectivity index (χ1v) is 18.6. The molecule has 0 saturated carbocycles. The molecule has 8 heteroatoms. The summed E-state index contributed by atoms with van der Waals surface area (Å²) < 4.78 is 9.37. The third-order valence-corrected chi connectivity index (χ3v) is 10.1. The van der Waals surface area contributed by atoms with Gasteiger partial charge in [0.05, 0.1) is 18.2 Å². The first kappa shape index (κ1) is 37.2. The first-order valence-electron chi connectivity index (χ1n) is 17.9. The van der Waals surface area contributed by atoms with Gasteiger partial charge in [0.2, 0.25) is 0 Å². The number of hydrogen-bond acceptors (Lipinski definition) is 3. The predicted octanol–water partition coefficient (Wildman–Crippen LogP) is 11.4. The highest BCUT2D eigenvalue weighted by atomic mass is 35.5. The fourth-order valence-electron chi connectivity index (χ4n) is 6.90. The average Bonchev–Trinajstić information content (AvgIpc) is 3.79. The highest BCUT2D eigenvalue weighted by Gasteiger charge is 2.15. The molecular weight excluding hydrogens is 727 g/mol. The number of carboxylic acid groups (broad SMARTS) is 1. The molecule has 0 aliphatic carbocycles. The molecule has 0 amide bonds. The smallest absolute Gasteiger partial charge is 0.338 e. The van der Waals surface area contributed by atoms with E-state index in [-0.39, 0.29) is 11.5 Å². The number of halogens is 2. The summed E-state index contributed by atoms with van der Waals surface area (Å²) in [5, 5.41) is 12.7. The van der Waals surface area contributed by atoms with Crippen molar-refractivity contribution < 1.29 is 19.4 Å². The highest BCUT2D eigenvalue weighted by molar-refractivity contribution is 6.31. The molecule has 0 spiro atoms. The fraction of sp³-hybridized carbons (Fsp3) is 0.106. The van der Waals surface area contributed by atoms with Crippen LogP contribution in [0.1, 0.15) is 54.1 Å². The molecule has 0 aliphatic heterocycles. The number of aromatic nitrogens is 2. The van der Waals surface area contributed by atoms with E-state index in [2.05, 4.69) is 106 Å². The Morgan fingerprint density at radius 2 is 1.00 bits per heavy atom. The molecule has 0 bridgehead atoms. The Labute approximate surface area is 329 Å². The van der Waals surface area contributed by atoms with Crippen LogP contribution in [0.4, 0.5) is 0 Å². The number of carboxylic acids is 1. The molecule has 0 radical (unpaired) electrons. The topological polar surface area (TPSA) is 73.5 Å². The minimum absolute atomic E-state index is 0.254. The summed E-state index contributed by atoms with van der Waals surface area (Å²) in [5.74, 6) is -1.32. The molecule has 2 heterocycles. The number of hydrogen-bond donors (Lipinski definition) is 1. The zero-order valence-corrected chi connectivity index (χ0v) is 31.7. The van der Waals surface area contributed by atoms with Crippen LogP contribution in [0, 0.1) is 0 Å². The molecule has 0 saturated heterocycles. The maximum Gasteiger partial charge on any atom is 0.338 e. The second-order valence-corrected chi connectivity index (χ2v) is 14.3. The lowest BCUT2D eigenvalue weighted by molar-refractivity contribution is 0.0598. The van der Waals surface area contributed by atoms with Gasteiger partial charge in [0.15, 0.2) is 0 Å². The van der Waals surface area contributed by atoms with Crippen molar-refractivity contribution in [2.45, 2.75) is 25.9 Å². The van der Waals surface area contributed by atoms with E-state index in [0.29, 0.717) is 28.5 Å². The van der Waals surface area contributed by atoms with Gasteiger partial charge in [-0.05, 0) is 118 Å². The van der Waals surface area contributed by atoms with E-state index in [1.165, 1.54) is 35.2 Å². The number of benzene rings is 6. The summed E-state index contributed by atoms with van der Waals surface area (Å²) in [6, 6.07) is 48.1. The summed E-state index contributed by atoms with van der Waals surface area (Å²) in [6.07, 6.45) is 5.40. The van der Waals surface area contributed by atoms with Crippen molar-refractivity contribution in [3.05, 3.63) is 213 Å². The van der Waals surface area contributed by atoms with E-state index in [9.17, 15) is 14.7 Å². The summed E-state index contributed by atoms with van der Waals surface area (Å²) in [5.41, 5.74) is 9.52. The van der Waals surface area contributed by atoms with E-state index in [0.717, 1.165) is 46.2 Å². The van der Waals surface area contributed by atoms with Crippen LogP contribution in [-0.2, 0) is 30.7 Å². The Kier molecular flexibility index (Phi) is 11.5. The van der Waals surface area contributed by atoms with Crippen LogP contribution in [-0.4, -0.2) is 33.3 Å². The van der Waals surface area contributed by atoms with Crippen LogP contribution in [0.5, 0.6) is 0 Å². The molecule has 0 aliphatic rings. The van der Waals surface area contributed by atoms with E-state index >= 15 is 0 Å². The maximum atomic E-state index is 12.1. The van der Waals surface area contributed by atoms with Gasteiger partial charge in [-0.25, -0.2) is 9.59 Å². The number of carbonyl (C=O) groups is 2. The molecule has 55 heavy (non-hydrogen) atoms. The molecule has 2 aromatic heterocycles. The Hall–Kier alpha value is -6.08. The van der Waals surface area contributed by atoms with Crippen molar-refractivity contribution in [1.29, 1.82) is 0 Å². The van der Waals surface area contributed by atoms with E-state index in [1.54, 1.807) is 24.3 Å². The molecule has 0 fully saturated rings. The van der Waals surface area contributed by atoms with Gasteiger partial charge < -0.3 is 19.0 Å². The summed E-state index contributed by atoms with van der Waals surface area (Å²) >= 11 is 12.0. The van der Waals surface area contributed by atoms with Crippen LogP contribution < -0.4 is 0 Å². The van der Waals surface area contributed by atoms with Gasteiger partial charge in [-0.3, -0.25) is 0 Å². The van der Waals surface area contributed by atoms with Crippen molar-refractivity contribution in [2.75, 3.05) is 7.11 Å². The monoisotopic (exact) mass is 764 g/mol. The zero-order valence-electron chi connectivity index (χ0n) is 30.2. The van der Waals surface area contributed by atoms with Crippen LogP contribution in [0.2, 0.25) is 10.0 Å². The quantitative estimate of drug-likeness (QED) is 0.141. The fourth-order valence-corrected chi connectivity index (χ4v) is 7.24.